The largest absolute Gasteiger partial charge is 0.465 e. The molecule has 3 saturated heterocycles. The summed E-state index contributed by atoms with van der Waals surface area (Å²) in [6.45, 7) is 11.9. The van der Waals surface area contributed by atoms with Crippen molar-refractivity contribution in [2.45, 2.75) is 68.0 Å². The van der Waals surface area contributed by atoms with E-state index in [0.29, 0.717) is 19.6 Å². The summed E-state index contributed by atoms with van der Waals surface area (Å²) >= 11 is 1.62. The van der Waals surface area contributed by atoms with Gasteiger partial charge in [0, 0.05) is 24.4 Å². The number of hydrogen-bond donors (Lipinski definition) is 1. The first-order chi connectivity index (χ1) is 15.3. The Balaban J connectivity index is 1.86. The molecule has 7 nitrogen and oxygen atoms in total. The molecule has 178 valence electrons. The van der Waals surface area contributed by atoms with Crippen molar-refractivity contribution in [3.05, 3.63) is 25.3 Å². The molecule has 2 unspecified atom stereocenters. The number of hydrogen-bond acceptors (Lipinski definition) is 6. The quantitative estimate of drug-likeness (QED) is 0.271. The van der Waals surface area contributed by atoms with Gasteiger partial charge < -0.3 is 19.6 Å². The van der Waals surface area contributed by atoms with Gasteiger partial charge in [-0.2, -0.15) is 0 Å². The number of ether oxygens (including phenoxy) is 1. The molecule has 0 aromatic carbocycles. The number of amides is 2. The molecular weight excluding hydrogens is 428 g/mol. The average Bonchev–Trinajstić information content (AvgIpc) is 3.39. The number of thioether (sulfide) groups is 1. The third-order valence-electron chi connectivity index (χ3n) is 6.93. The molecular formula is C24H36N2O5S. The first-order valence-corrected chi connectivity index (χ1v) is 12.5. The smallest absolute Gasteiger partial charge is 0.310 e. The van der Waals surface area contributed by atoms with Crippen LogP contribution in [0.2, 0.25) is 0 Å². The SMILES string of the molecule is C=CCCCCOC(=O)[C@@H]1[C@H]2C(=O)N(CCO)C(C(=O)N(CC=C)C(C)C)C23CC[C@H]1S3. The molecule has 5 atom stereocenters. The average molecular weight is 465 g/mol. The second-order valence-corrected chi connectivity index (χ2v) is 10.7. The van der Waals surface area contributed by atoms with E-state index in [-0.39, 0.29) is 42.2 Å². The minimum atomic E-state index is -0.685. The zero-order chi connectivity index (χ0) is 23.5. The minimum Gasteiger partial charge on any atom is -0.465 e. The summed E-state index contributed by atoms with van der Waals surface area (Å²) in [7, 11) is 0. The molecule has 2 amide bonds. The zero-order valence-electron chi connectivity index (χ0n) is 19.2. The lowest BCUT2D eigenvalue weighted by molar-refractivity contribution is -0.154. The summed E-state index contributed by atoms with van der Waals surface area (Å²) in [5, 5.41) is 9.64. The standard InChI is InChI=1S/C24H36N2O5S/c1-5-7-8-9-15-31-23(30)18-17-10-11-24(32-17)19(18)21(28)26(13-14-27)20(24)22(29)25(12-6-2)16(3)4/h5-6,16-20,27H,1-2,7-15H2,3-4H3/t17-,18+,19+,20?,24?/m1/s1. The minimum absolute atomic E-state index is 0.0110. The van der Waals surface area contributed by atoms with E-state index in [0.717, 1.165) is 25.7 Å². The number of likely N-dealkylation sites (tertiary alicyclic amines) is 1. The molecule has 3 aliphatic rings. The number of carbonyl (C=O) groups is 3. The van der Waals surface area contributed by atoms with Gasteiger partial charge in [0.15, 0.2) is 0 Å². The van der Waals surface area contributed by atoms with Gasteiger partial charge in [-0.15, -0.1) is 24.9 Å². The fraction of sp³-hybridized carbons (Fsp3) is 0.708. The summed E-state index contributed by atoms with van der Waals surface area (Å²) in [5.74, 6) is -1.78. The van der Waals surface area contributed by atoms with Crippen molar-refractivity contribution < 1.29 is 24.2 Å². The summed E-state index contributed by atoms with van der Waals surface area (Å²) in [4.78, 5) is 43.6. The molecule has 1 N–H and O–H groups in total. The van der Waals surface area contributed by atoms with E-state index in [4.69, 9.17) is 4.74 Å². The number of allylic oxidation sites excluding steroid dienone is 1. The Morgan fingerprint density at radius 3 is 2.72 bits per heavy atom. The van der Waals surface area contributed by atoms with E-state index in [1.807, 2.05) is 19.9 Å². The van der Waals surface area contributed by atoms with Crippen LogP contribution in [0.1, 0.15) is 46.0 Å². The van der Waals surface area contributed by atoms with E-state index in [9.17, 15) is 19.5 Å². The van der Waals surface area contributed by atoms with Crippen LogP contribution in [0.15, 0.2) is 25.3 Å². The van der Waals surface area contributed by atoms with Crippen LogP contribution in [-0.4, -0.2) is 81.1 Å². The maximum Gasteiger partial charge on any atom is 0.310 e. The molecule has 2 bridgehead atoms. The van der Waals surface area contributed by atoms with Crippen LogP contribution in [0.3, 0.4) is 0 Å². The number of carbonyl (C=O) groups excluding carboxylic acids is 3. The fourth-order valence-corrected chi connectivity index (χ4v) is 7.76. The van der Waals surface area contributed by atoms with Crippen LogP contribution >= 0.6 is 11.8 Å². The highest BCUT2D eigenvalue weighted by molar-refractivity contribution is 8.02. The predicted octanol–water partition coefficient (Wildman–Crippen LogP) is 2.39. The third-order valence-corrected chi connectivity index (χ3v) is 8.88. The molecule has 0 aromatic heterocycles. The van der Waals surface area contributed by atoms with Crippen molar-refractivity contribution >= 4 is 29.5 Å². The number of unbranched alkanes of at least 4 members (excludes halogenated alkanes) is 2. The summed E-state index contributed by atoms with van der Waals surface area (Å²) in [5.41, 5.74) is 0. The second-order valence-electron chi connectivity index (χ2n) is 9.14. The summed E-state index contributed by atoms with van der Waals surface area (Å²) in [6.07, 6.45) is 7.56. The predicted molar refractivity (Wildman–Crippen MR) is 125 cm³/mol. The highest BCUT2D eigenvalue weighted by Crippen LogP contribution is 2.66. The van der Waals surface area contributed by atoms with Crippen molar-refractivity contribution in [3.8, 4) is 0 Å². The lowest BCUT2D eigenvalue weighted by Crippen LogP contribution is -2.56. The molecule has 8 heteroatoms. The molecule has 3 heterocycles. The van der Waals surface area contributed by atoms with Gasteiger partial charge in [-0.25, -0.2) is 0 Å². The van der Waals surface area contributed by atoms with Crippen LogP contribution < -0.4 is 0 Å². The van der Waals surface area contributed by atoms with Crippen LogP contribution in [0.25, 0.3) is 0 Å². The Bertz CT molecular complexity index is 757. The number of aliphatic hydroxyl groups is 1. The topological polar surface area (TPSA) is 87.1 Å². The molecule has 1 spiro atoms. The number of rotatable bonds is 12. The van der Waals surface area contributed by atoms with Crippen LogP contribution in [0.4, 0.5) is 0 Å². The summed E-state index contributed by atoms with van der Waals surface area (Å²) in [6, 6.07) is -0.739. The van der Waals surface area contributed by atoms with E-state index in [2.05, 4.69) is 13.2 Å². The number of nitrogens with zero attached hydrogens (tertiary/aromatic N) is 2. The summed E-state index contributed by atoms with van der Waals surface area (Å²) < 4.78 is 4.93. The number of esters is 1. The molecule has 3 rings (SSSR count). The van der Waals surface area contributed by atoms with Crippen molar-refractivity contribution in [2.24, 2.45) is 11.8 Å². The number of aliphatic hydroxyl groups excluding tert-OH is 1. The van der Waals surface area contributed by atoms with Gasteiger partial charge in [0.25, 0.3) is 0 Å². The zero-order valence-corrected chi connectivity index (χ0v) is 20.0. The Hall–Kier alpha value is -1.80. The van der Waals surface area contributed by atoms with Gasteiger partial charge in [0.2, 0.25) is 11.8 Å². The molecule has 3 aliphatic heterocycles. The van der Waals surface area contributed by atoms with Crippen molar-refractivity contribution in [2.75, 3.05) is 26.3 Å². The van der Waals surface area contributed by atoms with Gasteiger partial charge in [-0.1, -0.05) is 12.2 Å². The van der Waals surface area contributed by atoms with Gasteiger partial charge in [-0.05, 0) is 46.0 Å². The highest BCUT2D eigenvalue weighted by atomic mass is 32.2. The number of β-amino-alcohol motifs (C(OH)–C–C–N with tert-alkyl or cyclic N) is 1. The van der Waals surface area contributed by atoms with Gasteiger partial charge >= 0.3 is 5.97 Å². The first kappa shape index (κ1) is 24.8. The third kappa shape index (κ3) is 4.23. The lowest BCUT2D eigenvalue weighted by Gasteiger charge is -2.38. The van der Waals surface area contributed by atoms with Crippen LogP contribution in [-0.2, 0) is 19.1 Å². The monoisotopic (exact) mass is 464 g/mol. The molecule has 3 fully saturated rings. The van der Waals surface area contributed by atoms with Crippen molar-refractivity contribution in [1.82, 2.24) is 9.80 Å². The molecule has 0 radical (unpaired) electrons. The molecule has 0 saturated carbocycles. The maximum atomic E-state index is 13.7. The fourth-order valence-electron chi connectivity index (χ4n) is 5.56. The number of fused-ring (bicyclic) bond motifs is 1. The van der Waals surface area contributed by atoms with E-state index in [1.54, 1.807) is 22.7 Å². The Kier molecular flexibility index (Phi) is 8.09. The van der Waals surface area contributed by atoms with Crippen LogP contribution in [0, 0.1) is 11.8 Å². The Morgan fingerprint density at radius 1 is 1.34 bits per heavy atom. The molecule has 0 aliphatic carbocycles. The van der Waals surface area contributed by atoms with Crippen molar-refractivity contribution in [3.63, 3.8) is 0 Å². The van der Waals surface area contributed by atoms with Crippen molar-refractivity contribution in [1.29, 1.82) is 0 Å². The van der Waals surface area contributed by atoms with Gasteiger partial charge in [0.05, 0.1) is 29.8 Å². The lowest BCUT2D eigenvalue weighted by atomic mass is 9.71. The molecule has 0 aromatic rings. The van der Waals surface area contributed by atoms with Crippen LogP contribution in [0.5, 0.6) is 0 Å². The van der Waals surface area contributed by atoms with Gasteiger partial charge in [-0.3, -0.25) is 14.4 Å². The van der Waals surface area contributed by atoms with E-state index >= 15 is 0 Å². The Labute approximate surface area is 195 Å². The van der Waals surface area contributed by atoms with E-state index in [1.165, 1.54) is 4.90 Å². The van der Waals surface area contributed by atoms with E-state index < -0.39 is 22.6 Å². The molecule has 32 heavy (non-hydrogen) atoms. The second kappa shape index (κ2) is 10.4. The maximum absolute atomic E-state index is 13.7. The normalized spacial score (nSPS) is 30.5. The van der Waals surface area contributed by atoms with Gasteiger partial charge in [0.1, 0.15) is 6.04 Å². The first-order valence-electron chi connectivity index (χ1n) is 11.6. The Morgan fingerprint density at radius 2 is 2.09 bits per heavy atom. The highest BCUT2D eigenvalue weighted by Gasteiger charge is 2.74.